The Hall–Kier alpha value is -5.06. The Labute approximate surface area is 302 Å². The van der Waals surface area contributed by atoms with Gasteiger partial charge in [0, 0.05) is 24.3 Å². The SMILES string of the molecule is C[n+]1ccc(-c2ccc(C(=C(c3ccccc3)c3ccccc3)c3ccc(-c4cc[n+](C)cc4)cc3)cc2)cc1.F[P-](F)(F)(F)(F)F.F[P-](F)(F)(F)(F)F. The van der Waals surface area contributed by atoms with Crippen molar-refractivity contribution < 1.29 is 59.5 Å². The Morgan fingerprint density at radius 1 is 0.315 bits per heavy atom. The molecule has 288 valence electrons. The van der Waals surface area contributed by atoms with Gasteiger partial charge >= 0.3 is 66.0 Å². The first-order chi connectivity index (χ1) is 24.6. The van der Waals surface area contributed by atoms with Crippen molar-refractivity contribution in [2.24, 2.45) is 14.1 Å². The third-order valence-corrected chi connectivity index (χ3v) is 7.35. The molecule has 16 heteroatoms. The van der Waals surface area contributed by atoms with Crippen LogP contribution in [0.4, 0.5) is 50.4 Å². The van der Waals surface area contributed by atoms with Gasteiger partial charge in [-0.05, 0) is 55.7 Å². The summed E-state index contributed by atoms with van der Waals surface area (Å²) in [5, 5.41) is 0. The summed E-state index contributed by atoms with van der Waals surface area (Å²) in [5.74, 6) is 0. The van der Waals surface area contributed by atoms with E-state index in [1.54, 1.807) is 0 Å². The molecular formula is C38H32F12N2P2. The zero-order valence-corrected chi connectivity index (χ0v) is 30.1. The Morgan fingerprint density at radius 2 is 0.519 bits per heavy atom. The van der Waals surface area contributed by atoms with Crippen molar-refractivity contribution in [2.45, 2.75) is 0 Å². The predicted octanol–water partition coefficient (Wildman–Crippen LogP) is 14.4. The van der Waals surface area contributed by atoms with Gasteiger partial charge in [-0.3, -0.25) is 0 Å². The molecule has 2 nitrogen and oxygen atoms in total. The topological polar surface area (TPSA) is 7.76 Å². The van der Waals surface area contributed by atoms with E-state index >= 15 is 0 Å². The second-order valence-corrected chi connectivity index (χ2v) is 15.9. The first-order valence-electron chi connectivity index (χ1n) is 15.7. The number of rotatable bonds is 6. The number of halogens is 12. The van der Waals surface area contributed by atoms with E-state index < -0.39 is 15.6 Å². The van der Waals surface area contributed by atoms with Crippen molar-refractivity contribution >= 4 is 26.8 Å². The minimum atomic E-state index is -10.7. The Bertz CT molecular complexity index is 2030. The molecule has 2 heterocycles. The summed E-state index contributed by atoms with van der Waals surface area (Å²) in [5.41, 5.74) is 12.0. The van der Waals surface area contributed by atoms with Gasteiger partial charge in [0.25, 0.3) is 0 Å². The molecule has 0 aliphatic carbocycles. The average Bonchev–Trinajstić information content (AvgIpc) is 3.06. The Balaban J connectivity index is 0.000000396. The second-order valence-electron chi connectivity index (χ2n) is 12.1. The number of hydrogen-bond donors (Lipinski definition) is 0. The van der Waals surface area contributed by atoms with E-state index in [0.29, 0.717) is 0 Å². The van der Waals surface area contributed by atoms with Crippen molar-refractivity contribution in [3.63, 3.8) is 0 Å². The third kappa shape index (κ3) is 15.9. The number of nitrogens with zero attached hydrogens (tertiary/aromatic N) is 2. The molecule has 6 rings (SSSR count). The van der Waals surface area contributed by atoms with Crippen LogP contribution in [0, 0.1) is 0 Å². The van der Waals surface area contributed by atoms with Gasteiger partial charge in [-0.2, -0.15) is 0 Å². The van der Waals surface area contributed by atoms with Crippen LogP contribution in [0.3, 0.4) is 0 Å². The summed E-state index contributed by atoms with van der Waals surface area (Å²) in [6, 6.07) is 48.1. The predicted molar refractivity (Wildman–Crippen MR) is 191 cm³/mol. The van der Waals surface area contributed by atoms with Gasteiger partial charge in [-0.15, -0.1) is 0 Å². The number of hydrogen-bond acceptors (Lipinski definition) is 0. The van der Waals surface area contributed by atoms with Gasteiger partial charge < -0.3 is 0 Å². The van der Waals surface area contributed by atoms with E-state index in [1.807, 2.05) is 14.1 Å². The van der Waals surface area contributed by atoms with Crippen molar-refractivity contribution in [1.82, 2.24) is 0 Å². The van der Waals surface area contributed by atoms with Crippen LogP contribution < -0.4 is 9.13 Å². The van der Waals surface area contributed by atoms with E-state index in [9.17, 15) is 50.4 Å². The van der Waals surface area contributed by atoms with Crippen LogP contribution in [0.15, 0.2) is 158 Å². The average molecular weight is 807 g/mol. The van der Waals surface area contributed by atoms with Crippen molar-refractivity contribution in [2.75, 3.05) is 0 Å². The van der Waals surface area contributed by atoms with Crippen molar-refractivity contribution in [3.05, 3.63) is 181 Å². The maximum atomic E-state index is 9.87. The molecule has 0 fully saturated rings. The van der Waals surface area contributed by atoms with Crippen molar-refractivity contribution in [1.29, 1.82) is 0 Å². The molecule has 0 aliphatic heterocycles. The van der Waals surface area contributed by atoms with Gasteiger partial charge in [0.15, 0.2) is 24.8 Å². The first kappa shape index (κ1) is 41.7. The number of aromatic nitrogens is 2. The maximum absolute atomic E-state index is 10.7. The van der Waals surface area contributed by atoms with Crippen LogP contribution in [0.25, 0.3) is 33.4 Å². The van der Waals surface area contributed by atoms with Gasteiger partial charge in [-0.1, -0.05) is 109 Å². The van der Waals surface area contributed by atoms with E-state index in [-0.39, 0.29) is 0 Å². The van der Waals surface area contributed by atoms with E-state index in [0.717, 1.165) is 0 Å². The molecule has 0 bridgehead atoms. The van der Waals surface area contributed by atoms with Crippen LogP contribution in [0.5, 0.6) is 0 Å². The monoisotopic (exact) mass is 806 g/mol. The number of benzene rings is 4. The summed E-state index contributed by atoms with van der Waals surface area (Å²) in [6.07, 6.45) is 8.36. The molecule has 0 aliphatic rings. The van der Waals surface area contributed by atoms with Gasteiger partial charge in [0.2, 0.25) is 0 Å². The summed E-state index contributed by atoms with van der Waals surface area (Å²) in [6.45, 7) is 0. The van der Waals surface area contributed by atoms with Crippen LogP contribution in [0.2, 0.25) is 0 Å². The third-order valence-electron chi connectivity index (χ3n) is 7.35. The molecule has 54 heavy (non-hydrogen) atoms. The van der Waals surface area contributed by atoms with Crippen molar-refractivity contribution in [3.8, 4) is 22.3 Å². The van der Waals surface area contributed by atoms with E-state index in [1.165, 1.54) is 55.7 Å². The molecule has 2 aromatic heterocycles. The molecule has 0 unspecified atom stereocenters. The van der Waals surface area contributed by atoms with Crippen LogP contribution in [-0.2, 0) is 14.1 Å². The Morgan fingerprint density at radius 3 is 0.759 bits per heavy atom. The molecular weight excluding hydrogens is 774 g/mol. The van der Waals surface area contributed by atoms with Crippen LogP contribution in [-0.4, -0.2) is 0 Å². The van der Waals surface area contributed by atoms with Crippen LogP contribution >= 0.6 is 15.6 Å². The van der Waals surface area contributed by atoms with Gasteiger partial charge in [0.1, 0.15) is 14.1 Å². The molecule has 0 saturated carbocycles. The Kier molecular flexibility index (Phi) is 10.8. The second kappa shape index (κ2) is 14.0. The summed E-state index contributed by atoms with van der Waals surface area (Å²) in [4.78, 5) is 0. The zero-order chi connectivity index (χ0) is 40.1. The molecule has 0 atom stereocenters. The first-order valence-corrected chi connectivity index (χ1v) is 19.7. The van der Waals surface area contributed by atoms with Crippen LogP contribution in [0.1, 0.15) is 22.3 Å². The fourth-order valence-corrected chi connectivity index (χ4v) is 5.17. The fourth-order valence-electron chi connectivity index (χ4n) is 5.17. The van der Waals surface area contributed by atoms with Gasteiger partial charge in [-0.25, -0.2) is 9.13 Å². The molecule has 0 spiro atoms. The molecule has 0 amide bonds. The normalized spacial score (nSPS) is 14.0. The molecule has 6 aromatic rings. The van der Waals surface area contributed by atoms with Gasteiger partial charge in [0.05, 0.1) is 0 Å². The number of aryl methyl sites for hydroxylation is 2. The fraction of sp³-hybridized carbons (Fsp3) is 0.0526. The summed E-state index contributed by atoms with van der Waals surface area (Å²) in [7, 11) is -17.2. The van der Waals surface area contributed by atoms with E-state index in [4.69, 9.17) is 0 Å². The standard InChI is InChI=1S/C38H32N2.2F6P/c1-39-25-21-31(22-26-39)29-13-17-35(18-14-29)38(36-19-15-30(16-20-36)32-23-27-40(2)28-24-32)37(33-9-5-3-6-10-33)34-11-7-4-8-12-34;2*1-7(2,3,4,5)6/h3-28H,1-2H3;;/q+2;2*-1. The quantitative estimate of drug-likeness (QED) is 0.0686. The summed E-state index contributed by atoms with van der Waals surface area (Å²) < 4.78 is 123. The molecule has 0 radical (unpaired) electrons. The zero-order valence-electron chi connectivity index (χ0n) is 28.3. The molecule has 0 N–H and O–H groups in total. The van der Waals surface area contributed by atoms with E-state index in [2.05, 4.69) is 167 Å². The molecule has 4 aromatic carbocycles. The number of pyridine rings is 2. The minimum absolute atomic E-state index is 1.19. The summed E-state index contributed by atoms with van der Waals surface area (Å²) >= 11 is 0. The molecule has 0 saturated heterocycles.